The van der Waals surface area contributed by atoms with E-state index in [4.69, 9.17) is 9.84 Å². The molecule has 0 aliphatic heterocycles. The number of thioether (sulfide) groups is 1. The number of carbonyl (C=O) groups is 2. The van der Waals surface area contributed by atoms with E-state index in [0.29, 0.717) is 5.56 Å². The highest BCUT2D eigenvalue weighted by Crippen LogP contribution is 2.27. The Balaban J connectivity index is 1.99. The van der Waals surface area contributed by atoms with Crippen LogP contribution >= 0.6 is 11.8 Å². The first-order chi connectivity index (χ1) is 12.4. The van der Waals surface area contributed by atoms with Gasteiger partial charge in [0, 0.05) is 23.3 Å². The van der Waals surface area contributed by atoms with Gasteiger partial charge < -0.3 is 15.2 Å². The van der Waals surface area contributed by atoms with E-state index >= 15 is 0 Å². The van der Waals surface area contributed by atoms with Crippen LogP contribution in [0, 0.1) is 13.8 Å². The zero-order chi connectivity index (χ0) is 19.1. The maximum absolute atomic E-state index is 12.2. The van der Waals surface area contributed by atoms with Gasteiger partial charge in [-0.3, -0.25) is 4.79 Å². The Hall–Kier alpha value is -2.31. The topological polar surface area (TPSA) is 75.6 Å². The average molecular weight is 373 g/mol. The summed E-state index contributed by atoms with van der Waals surface area (Å²) in [4.78, 5) is 24.4. The van der Waals surface area contributed by atoms with Gasteiger partial charge in [-0.25, -0.2) is 4.79 Å². The van der Waals surface area contributed by atoms with E-state index in [2.05, 4.69) is 37.4 Å². The van der Waals surface area contributed by atoms with Crippen LogP contribution < -0.4 is 5.32 Å². The first-order valence-electron chi connectivity index (χ1n) is 8.23. The maximum atomic E-state index is 12.2. The quantitative estimate of drug-likeness (QED) is 0.694. The normalized spacial score (nSPS) is 11.8. The molecule has 2 aromatic rings. The third-order valence-corrected chi connectivity index (χ3v) is 5.16. The van der Waals surface area contributed by atoms with E-state index in [1.807, 2.05) is 18.2 Å². The molecule has 2 rings (SSSR count). The number of benzene rings is 2. The molecule has 0 saturated heterocycles. The molecule has 0 heterocycles. The lowest BCUT2D eigenvalue weighted by Crippen LogP contribution is -2.37. The minimum absolute atomic E-state index is 0.0773. The number of hydrogen-bond donors (Lipinski definition) is 2. The molecule has 26 heavy (non-hydrogen) atoms. The molecule has 0 spiro atoms. The SMILES string of the molecule is COC(CNC(=O)c1cccc(CSc2cc(C)ccc2C)c1)C(=O)O. The van der Waals surface area contributed by atoms with Crippen LogP contribution in [-0.4, -0.2) is 36.7 Å². The number of aliphatic carboxylic acids is 1. The van der Waals surface area contributed by atoms with Gasteiger partial charge in [0.15, 0.2) is 6.10 Å². The second-order valence-electron chi connectivity index (χ2n) is 6.03. The Morgan fingerprint density at radius 3 is 2.65 bits per heavy atom. The van der Waals surface area contributed by atoms with Crippen molar-refractivity contribution < 1.29 is 19.4 Å². The Morgan fingerprint density at radius 1 is 1.19 bits per heavy atom. The van der Waals surface area contributed by atoms with E-state index in [0.717, 1.165) is 11.3 Å². The van der Waals surface area contributed by atoms with Crippen molar-refractivity contribution in [1.82, 2.24) is 5.32 Å². The number of nitrogens with one attached hydrogen (secondary N) is 1. The van der Waals surface area contributed by atoms with Crippen LogP contribution in [0.2, 0.25) is 0 Å². The number of rotatable bonds is 8. The van der Waals surface area contributed by atoms with E-state index < -0.39 is 12.1 Å². The van der Waals surface area contributed by atoms with E-state index in [1.54, 1.807) is 17.8 Å². The number of amides is 1. The third-order valence-electron chi connectivity index (χ3n) is 3.94. The Bertz CT molecular complexity index is 791. The molecule has 1 amide bonds. The predicted molar refractivity (Wildman–Crippen MR) is 103 cm³/mol. The number of carboxylic acid groups (broad SMARTS) is 1. The minimum Gasteiger partial charge on any atom is -0.479 e. The monoisotopic (exact) mass is 373 g/mol. The standard InChI is InChI=1S/C20H23NO4S/c1-13-7-8-14(2)18(9-13)26-12-15-5-4-6-16(10-15)19(22)21-11-17(25-3)20(23)24/h4-10,17H,11-12H2,1-3H3,(H,21,22)(H,23,24). The third kappa shape index (κ3) is 5.61. The number of hydrogen-bond acceptors (Lipinski definition) is 4. The summed E-state index contributed by atoms with van der Waals surface area (Å²) in [6.45, 7) is 4.07. The molecule has 0 bridgehead atoms. The fourth-order valence-corrected chi connectivity index (χ4v) is 3.45. The second kappa shape index (κ2) is 9.40. The Labute approximate surface area is 157 Å². The molecule has 0 aliphatic carbocycles. The minimum atomic E-state index is -1.11. The fourth-order valence-electron chi connectivity index (χ4n) is 2.39. The van der Waals surface area contributed by atoms with Crippen molar-refractivity contribution in [2.45, 2.75) is 30.6 Å². The zero-order valence-electron chi connectivity index (χ0n) is 15.1. The largest absolute Gasteiger partial charge is 0.479 e. The summed E-state index contributed by atoms with van der Waals surface area (Å²) in [6, 6.07) is 13.7. The molecular formula is C20H23NO4S. The van der Waals surface area contributed by atoms with Gasteiger partial charge in [-0.1, -0.05) is 29.8 Å². The zero-order valence-corrected chi connectivity index (χ0v) is 15.9. The molecule has 0 saturated carbocycles. The van der Waals surface area contributed by atoms with Crippen LogP contribution in [0.25, 0.3) is 0 Å². The van der Waals surface area contributed by atoms with Crippen LogP contribution in [0.4, 0.5) is 0 Å². The van der Waals surface area contributed by atoms with Crippen LogP contribution in [0.3, 0.4) is 0 Å². The van der Waals surface area contributed by atoms with E-state index in [9.17, 15) is 9.59 Å². The summed E-state index contributed by atoms with van der Waals surface area (Å²) in [5, 5.41) is 11.5. The molecule has 2 aromatic carbocycles. The van der Waals surface area contributed by atoms with Gasteiger partial charge in [-0.05, 0) is 43.2 Å². The van der Waals surface area contributed by atoms with Gasteiger partial charge >= 0.3 is 5.97 Å². The fraction of sp³-hybridized carbons (Fsp3) is 0.300. The van der Waals surface area contributed by atoms with Crippen LogP contribution in [-0.2, 0) is 15.3 Å². The maximum Gasteiger partial charge on any atom is 0.334 e. The lowest BCUT2D eigenvalue weighted by Gasteiger charge is -2.12. The number of carbonyl (C=O) groups excluding carboxylic acids is 1. The highest BCUT2D eigenvalue weighted by Gasteiger charge is 2.17. The second-order valence-corrected chi connectivity index (χ2v) is 7.05. The van der Waals surface area contributed by atoms with Crippen molar-refractivity contribution >= 4 is 23.6 Å². The van der Waals surface area contributed by atoms with Gasteiger partial charge in [0.1, 0.15) is 0 Å². The summed E-state index contributed by atoms with van der Waals surface area (Å²) in [5.74, 6) is -0.667. The summed E-state index contributed by atoms with van der Waals surface area (Å²) >= 11 is 1.73. The van der Waals surface area contributed by atoms with Crippen molar-refractivity contribution in [3.05, 3.63) is 64.7 Å². The summed E-state index contributed by atoms with van der Waals surface area (Å²) < 4.78 is 4.81. The van der Waals surface area contributed by atoms with Crippen molar-refractivity contribution in [2.24, 2.45) is 0 Å². The van der Waals surface area contributed by atoms with E-state index in [1.165, 1.54) is 23.1 Å². The summed E-state index contributed by atoms with van der Waals surface area (Å²) in [6.07, 6.45) is -1.05. The molecule has 138 valence electrons. The average Bonchev–Trinajstić information content (AvgIpc) is 2.62. The molecule has 0 aromatic heterocycles. The highest BCUT2D eigenvalue weighted by atomic mass is 32.2. The van der Waals surface area contributed by atoms with Crippen molar-refractivity contribution in [2.75, 3.05) is 13.7 Å². The molecule has 1 atom stereocenters. The Kier molecular flexibility index (Phi) is 7.24. The van der Waals surface area contributed by atoms with Crippen LogP contribution in [0.1, 0.15) is 27.0 Å². The smallest absolute Gasteiger partial charge is 0.334 e. The predicted octanol–water partition coefficient (Wildman–Crippen LogP) is 3.43. The van der Waals surface area contributed by atoms with E-state index in [-0.39, 0.29) is 12.5 Å². The Morgan fingerprint density at radius 2 is 1.96 bits per heavy atom. The van der Waals surface area contributed by atoms with Crippen molar-refractivity contribution in [1.29, 1.82) is 0 Å². The molecule has 0 aliphatic rings. The number of aryl methyl sites for hydroxylation is 2. The number of carboxylic acids is 1. The highest BCUT2D eigenvalue weighted by molar-refractivity contribution is 7.98. The molecular weight excluding hydrogens is 350 g/mol. The van der Waals surface area contributed by atoms with Crippen LogP contribution in [0.15, 0.2) is 47.4 Å². The molecule has 0 radical (unpaired) electrons. The van der Waals surface area contributed by atoms with Gasteiger partial charge in [-0.2, -0.15) is 0 Å². The molecule has 0 fully saturated rings. The van der Waals surface area contributed by atoms with Crippen molar-refractivity contribution in [3.63, 3.8) is 0 Å². The van der Waals surface area contributed by atoms with Gasteiger partial charge in [0.2, 0.25) is 0 Å². The molecule has 1 unspecified atom stereocenters. The first kappa shape index (κ1) is 20.0. The summed E-state index contributed by atoms with van der Waals surface area (Å²) in [7, 11) is 1.30. The van der Waals surface area contributed by atoms with Crippen molar-refractivity contribution in [3.8, 4) is 0 Å². The molecule has 6 heteroatoms. The summed E-state index contributed by atoms with van der Waals surface area (Å²) in [5.41, 5.74) is 3.99. The molecule has 5 nitrogen and oxygen atoms in total. The first-order valence-corrected chi connectivity index (χ1v) is 9.22. The van der Waals surface area contributed by atoms with Gasteiger partial charge in [0.25, 0.3) is 5.91 Å². The lowest BCUT2D eigenvalue weighted by atomic mass is 10.1. The van der Waals surface area contributed by atoms with Crippen LogP contribution in [0.5, 0.6) is 0 Å². The number of ether oxygens (including phenoxy) is 1. The lowest BCUT2D eigenvalue weighted by molar-refractivity contribution is -0.148. The molecule has 2 N–H and O–H groups in total. The van der Waals surface area contributed by atoms with Gasteiger partial charge in [-0.15, -0.1) is 11.8 Å². The number of methoxy groups -OCH3 is 1. The van der Waals surface area contributed by atoms with Gasteiger partial charge in [0.05, 0.1) is 6.54 Å².